The third-order valence-corrected chi connectivity index (χ3v) is 3.00. The molecule has 0 aliphatic carbocycles. The molecule has 1 aliphatic rings. The van der Waals surface area contributed by atoms with Crippen molar-refractivity contribution >= 4 is 0 Å². The van der Waals surface area contributed by atoms with Gasteiger partial charge in [-0.1, -0.05) is 42.5 Å². The maximum absolute atomic E-state index is 14.3. The Labute approximate surface area is 98.3 Å². The molecule has 2 nitrogen and oxygen atoms in total. The van der Waals surface area contributed by atoms with Crippen molar-refractivity contribution in [1.82, 2.24) is 0 Å². The number of benzene rings is 2. The van der Waals surface area contributed by atoms with Gasteiger partial charge < -0.3 is 9.84 Å². The molecule has 1 aliphatic heterocycles. The van der Waals surface area contributed by atoms with Gasteiger partial charge >= 0.3 is 0 Å². The number of aliphatic hydroxyl groups excluding tert-OH is 1. The van der Waals surface area contributed by atoms with Crippen LogP contribution in [0.15, 0.2) is 42.5 Å². The molecule has 0 aromatic heterocycles. The van der Waals surface area contributed by atoms with Crippen molar-refractivity contribution in [2.45, 2.75) is 12.9 Å². The lowest BCUT2D eigenvalue weighted by atomic mass is 9.99. The minimum absolute atomic E-state index is 0.266. The fraction of sp³-hybridized carbons (Fsp3) is 0.143. The van der Waals surface area contributed by atoms with E-state index in [4.69, 9.17) is 4.74 Å². The number of fused-ring (bicyclic) bond motifs is 1. The van der Waals surface area contributed by atoms with E-state index in [0.717, 1.165) is 11.1 Å². The van der Waals surface area contributed by atoms with Crippen molar-refractivity contribution in [2.24, 2.45) is 0 Å². The topological polar surface area (TPSA) is 29.5 Å². The van der Waals surface area contributed by atoms with E-state index in [1.165, 1.54) is 0 Å². The lowest BCUT2D eigenvalue weighted by Gasteiger charge is -2.09. The lowest BCUT2D eigenvalue weighted by Crippen LogP contribution is -1.98. The fourth-order valence-corrected chi connectivity index (χ4v) is 2.12. The fourth-order valence-electron chi connectivity index (χ4n) is 2.12. The van der Waals surface area contributed by atoms with Gasteiger partial charge in [0.2, 0.25) is 0 Å². The average Bonchev–Trinajstić information content (AvgIpc) is 2.73. The molecule has 0 saturated carbocycles. The first-order valence-electron chi connectivity index (χ1n) is 5.44. The highest BCUT2D eigenvalue weighted by Crippen LogP contribution is 2.35. The van der Waals surface area contributed by atoms with Gasteiger partial charge in [-0.2, -0.15) is 0 Å². The molecule has 86 valence electrons. The molecule has 0 fully saturated rings. The molecule has 1 heterocycles. The SMILES string of the molecule is O[C@@H]1OCc2ccc(-c3ccccc3)c(F)c21. The predicted molar refractivity (Wildman–Crippen MR) is 61.6 cm³/mol. The highest BCUT2D eigenvalue weighted by Gasteiger charge is 2.26. The molecule has 2 aromatic carbocycles. The van der Waals surface area contributed by atoms with Gasteiger partial charge in [-0.05, 0) is 11.1 Å². The summed E-state index contributed by atoms with van der Waals surface area (Å²) in [6.45, 7) is 0.266. The Bertz CT molecular complexity index is 552. The molecule has 2 aromatic rings. The number of ether oxygens (including phenoxy) is 1. The zero-order chi connectivity index (χ0) is 11.8. The first-order chi connectivity index (χ1) is 8.27. The molecule has 0 saturated heterocycles. The summed E-state index contributed by atoms with van der Waals surface area (Å²) in [7, 11) is 0. The van der Waals surface area contributed by atoms with Crippen molar-refractivity contribution in [3.05, 3.63) is 59.4 Å². The van der Waals surface area contributed by atoms with Crippen LogP contribution in [-0.4, -0.2) is 5.11 Å². The summed E-state index contributed by atoms with van der Waals surface area (Å²) < 4.78 is 19.3. The Morgan fingerprint density at radius 3 is 2.65 bits per heavy atom. The minimum Gasteiger partial charge on any atom is -0.364 e. The smallest absolute Gasteiger partial charge is 0.184 e. The highest BCUT2D eigenvalue weighted by atomic mass is 19.1. The molecule has 0 spiro atoms. The van der Waals surface area contributed by atoms with Crippen LogP contribution < -0.4 is 0 Å². The molecule has 17 heavy (non-hydrogen) atoms. The number of rotatable bonds is 1. The summed E-state index contributed by atoms with van der Waals surface area (Å²) in [4.78, 5) is 0. The zero-order valence-electron chi connectivity index (χ0n) is 9.06. The van der Waals surface area contributed by atoms with E-state index in [1.807, 2.05) is 30.3 Å². The summed E-state index contributed by atoms with van der Waals surface area (Å²) in [5, 5.41) is 9.57. The molecular formula is C14H11FO2. The van der Waals surface area contributed by atoms with Crippen LogP contribution in [-0.2, 0) is 11.3 Å². The number of halogens is 1. The summed E-state index contributed by atoms with van der Waals surface area (Å²) in [5.41, 5.74) is 2.28. The van der Waals surface area contributed by atoms with Crippen LogP contribution in [0.5, 0.6) is 0 Å². The second kappa shape index (κ2) is 3.95. The summed E-state index contributed by atoms with van der Waals surface area (Å²) >= 11 is 0. The standard InChI is InChI=1S/C14H11FO2/c15-13-11(9-4-2-1-3-5-9)7-6-10-8-17-14(16)12(10)13/h1-7,14,16H,8H2/t14-/m1/s1. The van der Waals surface area contributed by atoms with Gasteiger partial charge in [0.15, 0.2) is 6.29 Å². The van der Waals surface area contributed by atoms with E-state index in [1.54, 1.807) is 12.1 Å². The summed E-state index contributed by atoms with van der Waals surface area (Å²) in [6.07, 6.45) is -1.14. The zero-order valence-corrected chi connectivity index (χ0v) is 9.06. The molecule has 3 heteroatoms. The van der Waals surface area contributed by atoms with E-state index in [-0.39, 0.29) is 12.2 Å². The third-order valence-electron chi connectivity index (χ3n) is 3.00. The molecular weight excluding hydrogens is 219 g/mol. The highest BCUT2D eigenvalue weighted by molar-refractivity contribution is 5.66. The Morgan fingerprint density at radius 2 is 1.88 bits per heavy atom. The van der Waals surface area contributed by atoms with Crippen molar-refractivity contribution in [2.75, 3.05) is 0 Å². The molecule has 0 bridgehead atoms. The first kappa shape index (κ1) is 10.4. The maximum atomic E-state index is 14.3. The summed E-state index contributed by atoms with van der Waals surface area (Å²) in [5.74, 6) is -0.390. The van der Waals surface area contributed by atoms with E-state index < -0.39 is 12.1 Å². The second-order valence-electron chi connectivity index (χ2n) is 4.03. The van der Waals surface area contributed by atoms with Crippen LogP contribution in [0.2, 0.25) is 0 Å². The largest absolute Gasteiger partial charge is 0.364 e. The lowest BCUT2D eigenvalue weighted by molar-refractivity contribution is -0.0932. The van der Waals surface area contributed by atoms with Crippen LogP contribution >= 0.6 is 0 Å². The Kier molecular flexibility index (Phi) is 2.42. The molecule has 1 N–H and O–H groups in total. The normalized spacial score (nSPS) is 18.1. The van der Waals surface area contributed by atoms with Gasteiger partial charge in [-0.25, -0.2) is 4.39 Å². The van der Waals surface area contributed by atoms with E-state index in [9.17, 15) is 9.50 Å². The van der Waals surface area contributed by atoms with Gasteiger partial charge in [-0.3, -0.25) is 0 Å². The maximum Gasteiger partial charge on any atom is 0.184 e. The predicted octanol–water partition coefficient (Wildman–Crippen LogP) is 3.01. The number of aliphatic hydroxyl groups is 1. The van der Waals surface area contributed by atoms with E-state index in [0.29, 0.717) is 5.56 Å². The van der Waals surface area contributed by atoms with Gasteiger partial charge in [0.1, 0.15) is 5.82 Å². The second-order valence-corrected chi connectivity index (χ2v) is 4.03. The summed E-state index contributed by atoms with van der Waals surface area (Å²) in [6, 6.07) is 12.8. The van der Waals surface area contributed by atoms with Gasteiger partial charge in [-0.15, -0.1) is 0 Å². The average molecular weight is 230 g/mol. The molecule has 3 rings (SSSR count). The third kappa shape index (κ3) is 1.64. The molecule has 1 atom stereocenters. The molecule has 0 amide bonds. The monoisotopic (exact) mass is 230 g/mol. The quantitative estimate of drug-likeness (QED) is 0.816. The number of hydrogen-bond acceptors (Lipinski definition) is 2. The van der Waals surface area contributed by atoms with Crippen molar-refractivity contribution in [3.63, 3.8) is 0 Å². The first-order valence-corrected chi connectivity index (χ1v) is 5.44. The molecule has 0 unspecified atom stereocenters. The van der Waals surface area contributed by atoms with Crippen LogP contribution in [0.3, 0.4) is 0 Å². The Morgan fingerprint density at radius 1 is 1.12 bits per heavy atom. The van der Waals surface area contributed by atoms with Crippen LogP contribution in [0, 0.1) is 5.82 Å². The van der Waals surface area contributed by atoms with E-state index in [2.05, 4.69) is 0 Å². The van der Waals surface area contributed by atoms with Gasteiger partial charge in [0.05, 0.1) is 6.61 Å². The van der Waals surface area contributed by atoms with Crippen molar-refractivity contribution in [3.8, 4) is 11.1 Å². The van der Waals surface area contributed by atoms with E-state index >= 15 is 0 Å². The van der Waals surface area contributed by atoms with Crippen molar-refractivity contribution in [1.29, 1.82) is 0 Å². The molecule has 0 radical (unpaired) electrons. The van der Waals surface area contributed by atoms with Crippen molar-refractivity contribution < 1.29 is 14.2 Å². The van der Waals surface area contributed by atoms with Gasteiger partial charge in [0, 0.05) is 11.1 Å². The van der Waals surface area contributed by atoms with Crippen LogP contribution in [0.4, 0.5) is 4.39 Å². The number of hydrogen-bond donors (Lipinski definition) is 1. The van der Waals surface area contributed by atoms with Crippen LogP contribution in [0.25, 0.3) is 11.1 Å². The Hall–Kier alpha value is -1.71. The Balaban J connectivity index is 2.18. The minimum atomic E-state index is -1.14. The van der Waals surface area contributed by atoms with Gasteiger partial charge in [0.25, 0.3) is 0 Å². The van der Waals surface area contributed by atoms with Crippen LogP contribution in [0.1, 0.15) is 17.4 Å².